The van der Waals surface area contributed by atoms with E-state index >= 15 is 0 Å². The van der Waals surface area contributed by atoms with Gasteiger partial charge in [-0.15, -0.1) is 0 Å². The number of methoxy groups -OCH3 is 1. The lowest BCUT2D eigenvalue weighted by Gasteiger charge is -2.31. The van der Waals surface area contributed by atoms with Gasteiger partial charge < -0.3 is 14.4 Å². The SMILES string of the molecule is COC(=O)/C=C1\CCCN(C(=O)OC(C)(C)C)C1. The average molecular weight is 255 g/mol. The molecular formula is C13H21NO4. The molecule has 0 aliphatic carbocycles. The van der Waals surface area contributed by atoms with Gasteiger partial charge in [-0.3, -0.25) is 0 Å². The summed E-state index contributed by atoms with van der Waals surface area (Å²) in [6, 6.07) is 0. The average Bonchev–Trinajstić information content (AvgIpc) is 2.27. The number of rotatable bonds is 1. The Bertz CT molecular complexity index is 354. The van der Waals surface area contributed by atoms with Crippen molar-refractivity contribution < 1.29 is 19.1 Å². The lowest BCUT2D eigenvalue weighted by atomic mass is 10.1. The maximum absolute atomic E-state index is 11.9. The minimum Gasteiger partial charge on any atom is -0.466 e. The van der Waals surface area contributed by atoms with E-state index in [-0.39, 0.29) is 12.1 Å². The summed E-state index contributed by atoms with van der Waals surface area (Å²) >= 11 is 0. The number of hydrogen-bond donors (Lipinski definition) is 0. The van der Waals surface area contributed by atoms with Crippen LogP contribution in [0.5, 0.6) is 0 Å². The van der Waals surface area contributed by atoms with Gasteiger partial charge >= 0.3 is 12.1 Å². The van der Waals surface area contributed by atoms with Crippen LogP contribution in [0.25, 0.3) is 0 Å². The molecule has 5 nitrogen and oxygen atoms in total. The molecule has 1 heterocycles. The number of piperidine rings is 1. The van der Waals surface area contributed by atoms with Crippen LogP contribution in [0.1, 0.15) is 33.6 Å². The van der Waals surface area contributed by atoms with Crippen molar-refractivity contribution in [1.29, 1.82) is 0 Å². The van der Waals surface area contributed by atoms with E-state index in [1.807, 2.05) is 20.8 Å². The molecule has 1 fully saturated rings. The zero-order chi connectivity index (χ0) is 13.8. The summed E-state index contributed by atoms with van der Waals surface area (Å²) in [5.41, 5.74) is 0.403. The molecule has 102 valence electrons. The van der Waals surface area contributed by atoms with Crippen LogP contribution in [0, 0.1) is 0 Å². The van der Waals surface area contributed by atoms with Gasteiger partial charge in [0.25, 0.3) is 0 Å². The van der Waals surface area contributed by atoms with Crippen LogP contribution in [0.15, 0.2) is 11.6 Å². The van der Waals surface area contributed by atoms with Crippen LogP contribution in [0.2, 0.25) is 0 Å². The van der Waals surface area contributed by atoms with Gasteiger partial charge in [-0.1, -0.05) is 0 Å². The highest BCUT2D eigenvalue weighted by atomic mass is 16.6. The van der Waals surface area contributed by atoms with E-state index in [1.165, 1.54) is 13.2 Å². The molecule has 1 saturated heterocycles. The van der Waals surface area contributed by atoms with Crippen molar-refractivity contribution in [3.05, 3.63) is 11.6 Å². The lowest BCUT2D eigenvalue weighted by Crippen LogP contribution is -2.40. The molecule has 18 heavy (non-hydrogen) atoms. The fourth-order valence-electron chi connectivity index (χ4n) is 1.73. The summed E-state index contributed by atoms with van der Waals surface area (Å²) < 4.78 is 9.88. The van der Waals surface area contributed by atoms with Gasteiger partial charge in [-0.2, -0.15) is 0 Å². The Morgan fingerprint density at radius 3 is 2.56 bits per heavy atom. The van der Waals surface area contributed by atoms with Gasteiger partial charge in [0.05, 0.1) is 7.11 Å². The van der Waals surface area contributed by atoms with E-state index < -0.39 is 5.60 Å². The second-order valence-electron chi connectivity index (χ2n) is 5.33. The number of esters is 1. The van der Waals surface area contributed by atoms with Crippen LogP contribution in [0.4, 0.5) is 4.79 Å². The topological polar surface area (TPSA) is 55.8 Å². The normalized spacial score (nSPS) is 18.7. The molecule has 1 rings (SSSR count). The van der Waals surface area contributed by atoms with E-state index in [1.54, 1.807) is 4.90 Å². The van der Waals surface area contributed by atoms with Gasteiger partial charge in [0.1, 0.15) is 5.60 Å². The van der Waals surface area contributed by atoms with E-state index in [2.05, 4.69) is 4.74 Å². The van der Waals surface area contributed by atoms with Crippen molar-refractivity contribution >= 4 is 12.1 Å². The third kappa shape index (κ3) is 4.77. The van der Waals surface area contributed by atoms with Crippen molar-refractivity contribution in [3.8, 4) is 0 Å². The Kier molecular flexibility index (Phi) is 4.76. The molecule has 0 saturated carbocycles. The van der Waals surface area contributed by atoms with Crippen LogP contribution in [0.3, 0.4) is 0 Å². The van der Waals surface area contributed by atoms with Crippen LogP contribution < -0.4 is 0 Å². The Labute approximate surface area is 108 Å². The van der Waals surface area contributed by atoms with Crippen molar-refractivity contribution in [3.63, 3.8) is 0 Å². The Hall–Kier alpha value is -1.52. The largest absolute Gasteiger partial charge is 0.466 e. The van der Waals surface area contributed by atoms with E-state index in [9.17, 15) is 9.59 Å². The molecule has 5 heteroatoms. The Morgan fingerprint density at radius 1 is 1.33 bits per heavy atom. The molecule has 0 aromatic carbocycles. The zero-order valence-corrected chi connectivity index (χ0v) is 11.5. The molecule has 0 aromatic rings. The van der Waals surface area contributed by atoms with Crippen molar-refractivity contribution in [1.82, 2.24) is 4.90 Å². The third-order valence-corrected chi connectivity index (χ3v) is 2.49. The maximum atomic E-state index is 11.9. The number of carbonyl (C=O) groups excluding carboxylic acids is 2. The maximum Gasteiger partial charge on any atom is 0.410 e. The van der Waals surface area contributed by atoms with Gasteiger partial charge in [0.15, 0.2) is 0 Å². The van der Waals surface area contributed by atoms with E-state index in [0.717, 1.165) is 18.4 Å². The summed E-state index contributed by atoms with van der Waals surface area (Å²) in [6.45, 7) is 6.59. The smallest absolute Gasteiger partial charge is 0.410 e. The molecule has 0 bridgehead atoms. The first-order chi connectivity index (χ1) is 8.31. The predicted octanol–water partition coefficient (Wildman–Crippen LogP) is 2.12. The van der Waals surface area contributed by atoms with E-state index in [4.69, 9.17) is 4.74 Å². The van der Waals surface area contributed by atoms with Gasteiger partial charge in [0.2, 0.25) is 0 Å². The third-order valence-electron chi connectivity index (χ3n) is 2.49. The highest BCUT2D eigenvalue weighted by molar-refractivity contribution is 5.83. The zero-order valence-electron chi connectivity index (χ0n) is 11.5. The highest BCUT2D eigenvalue weighted by Gasteiger charge is 2.25. The monoisotopic (exact) mass is 255 g/mol. The lowest BCUT2D eigenvalue weighted by molar-refractivity contribution is -0.134. The van der Waals surface area contributed by atoms with Crippen LogP contribution >= 0.6 is 0 Å². The molecule has 0 radical (unpaired) electrons. The second kappa shape index (κ2) is 5.89. The molecule has 0 atom stereocenters. The minimum atomic E-state index is -0.499. The number of likely N-dealkylation sites (tertiary alicyclic amines) is 1. The van der Waals surface area contributed by atoms with Gasteiger partial charge in [0, 0.05) is 19.2 Å². The van der Waals surface area contributed by atoms with Crippen molar-refractivity contribution in [2.75, 3.05) is 20.2 Å². The predicted molar refractivity (Wildman–Crippen MR) is 67.1 cm³/mol. The number of hydrogen-bond acceptors (Lipinski definition) is 4. The minimum absolute atomic E-state index is 0.335. The molecule has 1 aliphatic rings. The molecule has 0 unspecified atom stereocenters. The van der Waals surface area contributed by atoms with Gasteiger partial charge in [-0.05, 0) is 39.2 Å². The number of nitrogens with zero attached hydrogens (tertiary/aromatic N) is 1. The first-order valence-corrected chi connectivity index (χ1v) is 6.07. The van der Waals surface area contributed by atoms with Crippen LogP contribution in [-0.2, 0) is 14.3 Å². The fourth-order valence-corrected chi connectivity index (χ4v) is 1.73. The number of carbonyl (C=O) groups is 2. The van der Waals surface area contributed by atoms with Crippen molar-refractivity contribution in [2.24, 2.45) is 0 Å². The van der Waals surface area contributed by atoms with Crippen molar-refractivity contribution in [2.45, 2.75) is 39.2 Å². The summed E-state index contributed by atoms with van der Waals surface area (Å²) in [5, 5.41) is 0. The quantitative estimate of drug-likeness (QED) is 0.532. The van der Waals surface area contributed by atoms with Crippen LogP contribution in [-0.4, -0.2) is 42.8 Å². The molecular weight excluding hydrogens is 234 g/mol. The summed E-state index contributed by atoms with van der Waals surface area (Å²) in [4.78, 5) is 24.6. The Balaban J connectivity index is 2.61. The fraction of sp³-hybridized carbons (Fsp3) is 0.692. The Morgan fingerprint density at radius 2 is 2.00 bits per heavy atom. The summed E-state index contributed by atoms with van der Waals surface area (Å²) in [7, 11) is 1.34. The molecule has 0 N–H and O–H groups in total. The number of ether oxygens (including phenoxy) is 2. The molecule has 0 aromatic heterocycles. The van der Waals surface area contributed by atoms with E-state index in [0.29, 0.717) is 13.1 Å². The second-order valence-corrected chi connectivity index (χ2v) is 5.33. The molecule has 0 spiro atoms. The van der Waals surface area contributed by atoms with Gasteiger partial charge in [-0.25, -0.2) is 9.59 Å². The molecule has 1 aliphatic heterocycles. The summed E-state index contributed by atoms with van der Waals surface area (Å²) in [5.74, 6) is -0.379. The first-order valence-electron chi connectivity index (χ1n) is 6.07. The standard InChI is InChI=1S/C13H21NO4/c1-13(2,3)18-12(16)14-7-5-6-10(9-14)8-11(15)17-4/h8H,5-7,9H2,1-4H3/b10-8+. The molecule has 1 amide bonds. The number of amides is 1. The first kappa shape index (κ1) is 14.5. The summed E-state index contributed by atoms with van der Waals surface area (Å²) in [6.07, 6.45) is 2.77. The highest BCUT2D eigenvalue weighted by Crippen LogP contribution is 2.18.